The molecule has 0 heterocycles. The summed E-state index contributed by atoms with van der Waals surface area (Å²) < 4.78 is 21.9. The van der Waals surface area contributed by atoms with Crippen LogP contribution in [0.3, 0.4) is 0 Å². The molecule has 0 aliphatic heterocycles. The summed E-state index contributed by atoms with van der Waals surface area (Å²) >= 11 is 0. The molecule has 0 aromatic heterocycles. The van der Waals surface area contributed by atoms with E-state index in [0.717, 1.165) is 12.2 Å². The number of benzene rings is 1. The van der Waals surface area contributed by atoms with E-state index in [0.29, 0.717) is 19.8 Å². The lowest BCUT2D eigenvalue weighted by Gasteiger charge is -2.07. The Kier molecular flexibility index (Phi) is 7.38. The van der Waals surface area contributed by atoms with Gasteiger partial charge in [0.15, 0.2) is 0 Å². The molecule has 3 nitrogen and oxygen atoms in total. The molecular weight excluding hydrogens is 209 g/mol. The third kappa shape index (κ3) is 6.37. The molecule has 0 spiro atoms. The van der Waals surface area contributed by atoms with Gasteiger partial charge in [-0.2, -0.15) is 0 Å². The van der Waals surface area contributed by atoms with Crippen molar-refractivity contribution in [1.29, 1.82) is 0 Å². The van der Waals surface area contributed by atoms with Crippen molar-refractivity contribution in [2.45, 2.75) is 0 Å². The fraction of sp³-hybridized carbons (Fsp3) is 0.500. The SMILES string of the molecule is FCCOCCOCCNc1ccccc1. The van der Waals surface area contributed by atoms with E-state index in [9.17, 15) is 4.39 Å². The minimum absolute atomic E-state index is 0.158. The molecule has 0 unspecified atom stereocenters. The van der Waals surface area contributed by atoms with E-state index in [1.807, 2.05) is 30.3 Å². The molecule has 0 radical (unpaired) electrons. The Morgan fingerprint density at radius 3 is 2.31 bits per heavy atom. The predicted molar refractivity (Wildman–Crippen MR) is 62.5 cm³/mol. The topological polar surface area (TPSA) is 30.5 Å². The highest BCUT2D eigenvalue weighted by Crippen LogP contribution is 2.03. The Balaban J connectivity index is 1.89. The monoisotopic (exact) mass is 227 g/mol. The molecule has 0 fully saturated rings. The number of halogens is 1. The van der Waals surface area contributed by atoms with Gasteiger partial charge in [0, 0.05) is 12.2 Å². The lowest BCUT2D eigenvalue weighted by Crippen LogP contribution is -2.12. The van der Waals surface area contributed by atoms with Crippen LogP contribution in [0.2, 0.25) is 0 Å². The van der Waals surface area contributed by atoms with Crippen molar-refractivity contribution in [1.82, 2.24) is 0 Å². The molecule has 0 bridgehead atoms. The van der Waals surface area contributed by atoms with Gasteiger partial charge in [-0.3, -0.25) is 0 Å². The van der Waals surface area contributed by atoms with Crippen molar-refractivity contribution in [3.8, 4) is 0 Å². The molecule has 0 saturated carbocycles. The van der Waals surface area contributed by atoms with Crippen LogP contribution in [-0.2, 0) is 9.47 Å². The second-order valence-corrected chi connectivity index (χ2v) is 3.21. The first-order chi connectivity index (χ1) is 7.93. The Bertz CT molecular complexity index is 256. The number of para-hydroxylation sites is 1. The summed E-state index contributed by atoms with van der Waals surface area (Å²) in [5, 5.41) is 3.22. The molecule has 1 aromatic carbocycles. The van der Waals surface area contributed by atoms with Gasteiger partial charge in [0.2, 0.25) is 0 Å². The van der Waals surface area contributed by atoms with Gasteiger partial charge in [0.05, 0.1) is 26.4 Å². The first kappa shape index (κ1) is 12.9. The van der Waals surface area contributed by atoms with Gasteiger partial charge in [0.1, 0.15) is 6.67 Å². The summed E-state index contributed by atoms with van der Waals surface area (Å²) in [7, 11) is 0. The number of alkyl halides is 1. The minimum Gasteiger partial charge on any atom is -0.383 e. The summed E-state index contributed by atoms with van der Waals surface area (Å²) in [6, 6.07) is 9.95. The Labute approximate surface area is 95.6 Å². The van der Waals surface area contributed by atoms with Crippen molar-refractivity contribution in [2.75, 3.05) is 45.0 Å². The van der Waals surface area contributed by atoms with E-state index in [4.69, 9.17) is 9.47 Å². The van der Waals surface area contributed by atoms with E-state index in [1.165, 1.54) is 0 Å². The van der Waals surface area contributed by atoms with Crippen LogP contribution in [0, 0.1) is 0 Å². The maximum absolute atomic E-state index is 11.6. The molecule has 0 aliphatic carbocycles. The maximum atomic E-state index is 11.6. The largest absolute Gasteiger partial charge is 0.383 e. The lowest BCUT2D eigenvalue weighted by atomic mass is 10.3. The molecule has 90 valence electrons. The van der Waals surface area contributed by atoms with Crippen molar-refractivity contribution in [3.05, 3.63) is 30.3 Å². The Morgan fingerprint density at radius 1 is 0.938 bits per heavy atom. The molecule has 0 aliphatic rings. The fourth-order valence-corrected chi connectivity index (χ4v) is 1.20. The first-order valence-corrected chi connectivity index (χ1v) is 5.44. The standard InChI is InChI=1S/C12H18FNO2/c13-6-8-15-10-11-16-9-7-14-12-4-2-1-3-5-12/h1-5,14H,6-11H2. The molecule has 1 aromatic rings. The molecule has 16 heavy (non-hydrogen) atoms. The van der Waals surface area contributed by atoms with E-state index in [2.05, 4.69) is 5.32 Å². The minimum atomic E-state index is -0.435. The molecule has 4 heteroatoms. The zero-order chi connectivity index (χ0) is 11.5. The Hall–Kier alpha value is -1.13. The zero-order valence-electron chi connectivity index (χ0n) is 9.32. The summed E-state index contributed by atoms with van der Waals surface area (Å²) in [5.41, 5.74) is 1.08. The van der Waals surface area contributed by atoms with Crippen molar-refractivity contribution in [2.24, 2.45) is 0 Å². The maximum Gasteiger partial charge on any atom is 0.113 e. The van der Waals surface area contributed by atoms with Crippen molar-refractivity contribution >= 4 is 5.69 Å². The number of anilines is 1. The third-order valence-corrected chi connectivity index (χ3v) is 1.94. The third-order valence-electron chi connectivity index (χ3n) is 1.94. The van der Waals surface area contributed by atoms with E-state index >= 15 is 0 Å². The van der Waals surface area contributed by atoms with Crippen LogP contribution < -0.4 is 5.32 Å². The van der Waals surface area contributed by atoms with Crippen molar-refractivity contribution in [3.63, 3.8) is 0 Å². The average molecular weight is 227 g/mol. The predicted octanol–water partition coefficient (Wildman–Crippen LogP) is 2.10. The number of hydrogen-bond donors (Lipinski definition) is 1. The van der Waals surface area contributed by atoms with Crippen LogP contribution >= 0.6 is 0 Å². The van der Waals surface area contributed by atoms with E-state index < -0.39 is 6.67 Å². The first-order valence-electron chi connectivity index (χ1n) is 5.44. The summed E-state index contributed by atoms with van der Waals surface area (Å²) in [6.45, 7) is 2.06. The number of hydrogen-bond acceptors (Lipinski definition) is 3. The van der Waals surface area contributed by atoms with Crippen LogP contribution in [0.1, 0.15) is 0 Å². The van der Waals surface area contributed by atoms with E-state index in [-0.39, 0.29) is 6.61 Å². The highest BCUT2D eigenvalue weighted by atomic mass is 19.1. The van der Waals surface area contributed by atoms with Crippen molar-refractivity contribution < 1.29 is 13.9 Å². The van der Waals surface area contributed by atoms with Gasteiger partial charge in [-0.1, -0.05) is 18.2 Å². The molecule has 1 rings (SSSR count). The molecule has 1 N–H and O–H groups in total. The highest BCUT2D eigenvalue weighted by molar-refractivity contribution is 5.42. The zero-order valence-corrected chi connectivity index (χ0v) is 9.32. The summed E-state index contributed by atoms with van der Waals surface area (Å²) in [4.78, 5) is 0. The number of nitrogens with one attached hydrogen (secondary N) is 1. The number of ether oxygens (including phenoxy) is 2. The average Bonchev–Trinajstić information content (AvgIpc) is 2.34. The second kappa shape index (κ2) is 9.12. The van der Waals surface area contributed by atoms with Crippen LogP contribution in [0.5, 0.6) is 0 Å². The van der Waals surface area contributed by atoms with E-state index in [1.54, 1.807) is 0 Å². The lowest BCUT2D eigenvalue weighted by molar-refractivity contribution is 0.0464. The molecule has 0 amide bonds. The smallest absolute Gasteiger partial charge is 0.113 e. The van der Waals surface area contributed by atoms with Crippen LogP contribution in [0.4, 0.5) is 10.1 Å². The van der Waals surface area contributed by atoms with Gasteiger partial charge >= 0.3 is 0 Å². The second-order valence-electron chi connectivity index (χ2n) is 3.21. The van der Waals surface area contributed by atoms with Gasteiger partial charge < -0.3 is 14.8 Å². The van der Waals surface area contributed by atoms with Gasteiger partial charge in [-0.15, -0.1) is 0 Å². The Morgan fingerprint density at radius 2 is 1.62 bits per heavy atom. The fourth-order valence-electron chi connectivity index (χ4n) is 1.20. The van der Waals surface area contributed by atoms with Crippen LogP contribution in [-0.4, -0.2) is 39.6 Å². The normalized spacial score (nSPS) is 10.3. The van der Waals surface area contributed by atoms with Crippen LogP contribution in [0.15, 0.2) is 30.3 Å². The summed E-state index contributed by atoms with van der Waals surface area (Å²) in [5.74, 6) is 0. The van der Waals surface area contributed by atoms with Gasteiger partial charge in [0.25, 0.3) is 0 Å². The van der Waals surface area contributed by atoms with Crippen LogP contribution in [0.25, 0.3) is 0 Å². The molecular formula is C12H18FNO2. The number of rotatable bonds is 9. The van der Waals surface area contributed by atoms with Gasteiger partial charge in [-0.05, 0) is 12.1 Å². The summed E-state index contributed by atoms with van der Waals surface area (Å²) in [6.07, 6.45) is 0. The molecule has 0 saturated heterocycles. The molecule has 0 atom stereocenters. The highest BCUT2D eigenvalue weighted by Gasteiger charge is 1.91. The van der Waals surface area contributed by atoms with Gasteiger partial charge in [-0.25, -0.2) is 4.39 Å². The quantitative estimate of drug-likeness (QED) is 0.655.